The van der Waals surface area contributed by atoms with Crippen molar-refractivity contribution in [2.75, 3.05) is 26.1 Å². The number of methoxy groups -OCH3 is 2. The summed E-state index contributed by atoms with van der Waals surface area (Å²) in [6.45, 7) is 12.9. The lowest BCUT2D eigenvalue weighted by Crippen LogP contribution is -2.57. The van der Waals surface area contributed by atoms with Crippen LogP contribution in [0.1, 0.15) is 83.5 Å². The van der Waals surface area contributed by atoms with Crippen molar-refractivity contribution >= 4 is 45.7 Å². The molecule has 6 rings (SSSR count). The smallest absolute Gasteiger partial charge is 0.416 e. The molecular weight excluding hydrogens is 779 g/mol. The van der Waals surface area contributed by atoms with E-state index < -0.39 is 64.5 Å². The van der Waals surface area contributed by atoms with Gasteiger partial charge < -0.3 is 29.7 Å². The summed E-state index contributed by atoms with van der Waals surface area (Å²) in [6.07, 6.45) is -4.65. The number of nitrogens with zero attached hydrogens (tertiary/aromatic N) is 3. The average Bonchev–Trinajstić information content (AvgIpc) is 3.44. The second-order valence-electron chi connectivity index (χ2n) is 16.4. The van der Waals surface area contributed by atoms with E-state index in [9.17, 15) is 31.9 Å². The van der Waals surface area contributed by atoms with Gasteiger partial charge >= 0.3 is 12.1 Å². The third-order valence-electron chi connectivity index (χ3n) is 11.0. The Bertz CT molecular complexity index is 2220. The van der Waals surface area contributed by atoms with Crippen molar-refractivity contribution in [3.63, 3.8) is 0 Å². The molecule has 0 bridgehead atoms. The van der Waals surface area contributed by atoms with E-state index in [0.29, 0.717) is 52.0 Å². The quantitative estimate of drug-likeness (QED) is 0.107. The first-order chi connectivity index (χ1) is 27.2. The summed E-state index contributed by atoms with van der Waals surface area (Å²) in [5.74, 6) is -1.91. The van der Waals surface area contributed by atoms with E-state index in [4.69, 9.17) is 24.2 Å². The van der Waals surface area contributed by atoms with E-state index in [0.717, 1.165) is 23.4 Å². The summed E-state index contributed by atoms with van der Waals surface area (Å²) >= 11 is 1.44. The standard InChI is InChI=1S/C42H49F4N5O6S/c1-10-23-18-41(23,39(54)56-9)50-36(52)31-16-27(19-51(31)38(53)35(40(5,6)7)47-26-14-24(42(44,45)46)13-25(43)15-26)57-33-17-29(37-49-30(20-58-37)21(2)3)48-34-22(4)32(55-8)12-11-28(33)34/h11-15,17,20-21,23,27,31,35,47H,10,16,18-19H2,1-9H3,(H,50,52)/t23-,27-,31+,35-,41-/m1/s1. The third kappa shape index (κ3) is 8.43. The van der Waals surface area contributed by atoms with Gasteiger partial charge in [-0.2, -0.15) is 13.2 Å². The van der Waals surface area contributed by atoms with Crippen molar-refractivity contribution in [1.29, 1.82) is 0 Å². The van der Waals surface area contributed by atoms with Crippen LogP contribution < -0.4 is 20.1 Å². The molecule has 3 heterocycles. The van der Waals surface area contributed by atoms with Gasteiger partial charge in [0.1, 0.15) is 51.7 Å². The first-order valence-electron chi connectivity index (χ1n) is 19.2. The normalized spacial score (nSPS) is 21.2. The number of hydrogen-bond donors (Lipinski definition) is 2. The highest BCUT2D eigenvalue weighted by Gasteiger charge is 2.62. The molecule has 2 fully saturated rings. The van der Waals surface area contributed by atoms with E-state index in [2.05, 4.69) is 10.6 Å². The SMILES string of the molecule is CC[C@@H]1C[C@]1(NC(=O)[C@@H]1C[C@@H](Oc2cc(-c3nc(C(C)C)cs3)nc3c(C)c(OC)ccc23)CN1C(=O)[C@@H](Nc1cc(F)cc(C(F)(F)F)c1)C(C)(C)C)C(=O)OC. The van der Waals surface area contributed by atoms with Gasteiger partial charge in [0.05, 0.1) is 37.5 Å². The lowest BCUT2D eigenvalue weighted by molar-refractivity contribution is -0.148. The Morgan fingerprint density at radius 3 is 2.36 bits per heavy atom. The number of carbonyl (C=O) groups excluding carboxylic acids is 3. The Labute approximate surface area is 338 Å². The highest BCUT2D eigenvalue weighted by Crippen LogP contribution is 2.47. The first-order valence-corrected chi connectivity index (χ1v) is 20.0. The number of anilines is 1. The van der Waals surface area contributed by atoms with Crippen molar-refractivity contribution in [3.05, 3.63) is 64.4 Å². The number of amides is 2. The van der Waals surface area contributed by atoms with Gasteiger partial charge in [0.15, 0.2) is 0 Å². The summed E-state index contributed by atoms with van der Waals surface area (Å²) in [5.41, 5.74) is -0.855. The Hall–Kier alpha value is -4.99. The number of benzene rings is 2. The number of likely N-dealkylation sites (tertiary alicyclic amines) is 1. The predicted octanol–water partition coefficient (Wildman–Crippen LogP) is 8.29. The molecule has 0 radical (unpaired) electrons. The Morgan fingerprint density at radius 1 is 1.05 bits per heavy atom. The van der Waals surface area contributed by atoms with Crippen LogP contribution in [-0.4, -0.2) is 77.1 Å². The van der Waals surface area contributed by atoms with Crippen LogP contribution in [0.15, 0.2) is 41.8 Å². The zero-order valence-corrected chi connectivity index (χ0v) is 34.8. The highest BCUT2D eigenvalue weighted by atomic mass is 32.1. The van der Waals surface area contributed by atoms with Crippen LogP contribution in [0.25, 0.3) is 21.6 Å². The number of rotatable bonds is 12. The number of alkyl halides is 3. The minimum absolute atomic E-state index is 0.00367. The fraction of sp³-hybridized carbons (Fsp3) is 0.500. The zero-order valence-electron chi connectivity index (χ0n) is 34.0. The van der Waals surface area contributed by atoms with Crippen LogP contribution >= 0.6 is 11.3 Å². The molecule has 11 nitrogen and oxygen atoms in total. The topological polar surface area (TPSA) is 132 Å². The summed E-state index contributed by atoms with van der Waals surface area (Å²) in [5, 5.41) is 9.05. The molecule has 16 heteroatoms. The maximum Gasteiger partial charge on any atom is 0.416 e. The van der Waals surface area contributed by atoms with Crippen molar-refractivity contribution in [3.8, 4) is 22.2 Å². The molecule has 2 aliphatic rings. The highest BCUT2D eigenvalue weighted by molar-refractivity contribution is 7.13. The average molecular weight is 828 g/mol. The van der Waals surface area contributed by atoms with Gasteiger partial charge in [0, 0.05) is 34.5 Å². The van der Waals surface area contributed by atoms with E-state index in [1.165, 1.54) is 23.3 Å². The number of thiazole rings is 1. The molecule has 2 N–H and O–H groups in total. The van der Waals surface area contributed by atoms with E-state index >= 15 is 0 Å². The number of aromatic nitrogens is 2. The predicted molar refractivity (Wildman–Crippen MR) is 212 cm³/mol. The number of carbonyl (C=O) groups is 3. The number of halogens is 4. The van der Waals surface area contributed by atoms with Gasteiger partial charge in [-0.1, -0.05) is 48.0 Å². The minimum Gasteiger partial charge on any atom is -0.496 e. The zero-order chi connectivity index (χ0) is 42.5. The number of esters is 1. The molecule has 1 saturated carbocycles. The van der Waals surface area contributed by atoms with Crippen molar-refractivity contribution < 1.29 is 46.2 Å². The van der Waals surface area contributed by atoms with Crippen LogP contribution in [0, 0.1) is 24.1 Å². The van der Waals surface area contributed by atoms with E-state index in [1.807, 2.05) is 39.1 Å². The van der Waals surface area contributed by atoms with E-state index in [1.54, 1.807) is 40.0 Å². The number of nitrogens with one attached hydrogen (secondary N) is 2. The van der Waals surface area contributed by atoms with Gasteiger partial charge in [0.2, 0.25) is 11.8 Å². The van der Waals surface area contributed by atoms with Gasteiger partial charge in [-0.25, -0.2) is 19.2 Å². The molecule has 2 aromatic heterocycles. The van der Waals surface area contributed by atoms with Crippen molar-refractivity contribution in [2.45, 2.75) is 104 Å². The lowest BCUT2D eigenvalue weighted by atomic mass is 9.85. The fourth-order valence-corrected chi connectivity index (χ4v) is 8.55. The molecule has 4 aromatic rings. The molecule has 0 unspecified atom stereocenters. The minimum atomic E-state index is -4.84. The van der Waals surface area contributed by atoms with Crippen LogP contribution in [0.4, 0.5) is 23.2 Å². The number of aryl methyl sites for hydroxylation is 1. The largest absolute Gasteiger partial charge is 0.496 e. The van der Waals surface area contributed by atoms with Gasteiger partial charge in [-0.3, -0.25) is 9.59 Å². The first kappa shape index (κ1) is 42.6. The molecule has 1 aliphatic carbocycles. The van der Waals surface area contributed by atoms with Crippen LogP contribution in [-0.2, 0) is 25.3 Å². The number of pyridine rings is 1. The molecule has 0 spiro atoms. The molecule has 2 aromatic carbocycles. The molecule has 2 amide bonds. The maximum atomic E-state index is 14.8. The summed E-state index contributed by atoms with van der Waals surface area (Å²) < 4.78 is 73.1. The number of fused-ring (bicyclic) bond motifs is 1. The van der Waals surface area contributed by atoms with Crippen LogP contribution in [0.3, 0.4) is 0 Å². The third-order valence-corrected chi connectivity index (χ3v) is 11.9. The van der Waals surface area contributed by atoms with E-state index in [-0.39, 0.29) is 30.5 Å². The van der Waals surface area contributed by atoms with Crippen molar-refractivity contribution in [1.82, 2.24) is 20.2 Å². The Morgan fingerprint density at radius 2 is 1.78 bits per heavy atom. The molecule has 58 heavy (non-hydrogen) atoms. The Kier molecular flexibility index (Phi) is 11.7. The molecular formula is C42H49F4N5O6S. The summed E-state index contributed by atoms with van der Waals surface area (Å²) in [6, 6.07) is 5.01. The number of hydrogen-bond acceptors (Lipinski definition) is 10. The molecule has 5 atom stereocenters. The van der Waals surface area contributed by atoms with Crippen LogP contribution in [0.5, 0.6) is 11.5 Å². The lowest BCUT2D eigenvalue weighted by Gasteiger charge is -2.36. The monoisotopic (exact) mass is 827 g/mol. The second-order valence-corrected chi connectivity index (χ2v) is 17.3. The number of ether oxygens (including phenoxy) is 3. The Balaban J connectivity index is 1.40. The second kappa shape index (κ2) is 16.0. The molecule has 1 aliphatic heterocycles. The molecule has 1 saturated heterocycles. The van der Waals surface area contributed by atoms with Crippen molar-refractivity contribution in [2.24, 2.45) is 11.3 Å². The van der Waals surface area contributed by atoms with Crippen LogP contribution in [0.2, 0.25) is 0 Å². The van der Waals surface area contributed by atoms with Gasteiger partial charge in [-0.15, -0.1) is 11.3 Å². The van der Waals surface area contributed by atoms with Gasteiger partial charge in [-0.05, 0) is 60.9 Å². The fourth-order valence-electron chi connectivity index (χ4n) is 7.61. The summed E-state index contributed by atoms with van der Waals surface area (Å²) in [7, 11) is 2.81. The summed E-state index contributed by atoms with van der Waals surface area (Å²) in [4.78, 5) is 53.2. The maximum absolute atomic E-state index is 14.8. The van der Waals surface area contributed by atoms with Gasteiger partial charge in [0.25, 0.3) is 0 Å². The molecule has 312 valence electrons.